The van der Waals surface area contributed by atoms with Crippen LogP contribution in [0.4, 0.5) is 4.79 Å². The van der Waals surface area contributed by atoms with Gasteiger partial charge in [-0.05, 0) is 19.3 Å². The van der Waals surface area contributed by atoms with Gasteiger partial charge < -0.3 is 20.1 Å². The third-order valence-electron chi connectivity index (χ3n) is 4.39. The van der Waals surface area contributed by atoms with Gasteiger partial charge in [0, 0.05) is 25.6 Å². The van der Waals surface area contributed by atoms with E-state index in [0.717, 1.165) is 32.1 Å². The summed E-state index contributed by atoms with van der Waals surface area (Å²) in [6, 6.07) is -0.0442. The maximum Gasteiger partial charge on any atom is 0.332 e. The van der Waals surface area contributed by atoms with Crippen LogP contribution >= 0.6 is 0 Å². The van der Waals surface area contributed by atoms with Crippen molar-refractivity contribution >= 4 is 12.0 Å². The van der Waals surface area contributed by atoms with Crippen LogP contribution in [0.25, 0.3) is 0 Å². The fourth-order valence-corrected chi connectivity index (χ4v) is 3.03. The van der Waals surface area contributed by atoms with E-state index in [1.54, 1.807) is 0 Å². The van der Waals surface area contributed by atoms with Gasteiger partial charge in [0.2, 0.25) is 0 Å². The highest BCUT2D eigenvalue weighted by atomic mass is 16.5. The van der Waals surface area contributed by atoms with Crippen LogP contribution in [0.15, 0.2) is 0 Å². The van der Waals surface area contributed by atoms with Crippen molar-refractivity contribution in [3.63, 3.8) is 0 Å². The van der Waals surface area contributed by atoms with E-state index in [-0.39, 0.29) is 18.7 Å². The molecule has 2 heterocycles. The van der Waals surface area contributed by atoms with Gasteiger partial charge in [-0.2, -0.15) is 0 Å². The first kappa shape index (κ1) is 15.1. The Bertz CT molecular complexity index is 366. The largest absolute Gasteiger partial charge is 0.479 e. The van der Waals surface area contributed by atoms with Gasteiger partial charge in [-0.25, -0.2) is 9.59 Å². The number of likely N-dealkylation sites (tertiary alicyclic amines) is 1. The number of carboxylic acid groups (broad SMARTS) is 1. The van der Waals surface area contributed by atoms with Crippen LogP contribution in [-0.2, 0) is 9.53 Å². The standard InChI is InChI=1S/C14H24N2O4/c1-2-11-6-4-3-5-8-16(11)13(19)15-14(12(17)18)7-9-20-10-14/h11H,2-10H2,1H3,(H,15,19)(H,17,18). The number of carbonyl (C=O) groups excluding carboxylic acids is 1. The molecule has 2 N–H and O–H groups in total. The van der Waals surface area contributed by atoms with Crippen molar-refractivity contribution < 1.29 is 19.4 Å². The van der Waals surface area contributed by atoms with E-state index >= 15 is 0 Å². The molecule has 2 fully saturated rings. The van der Waals surface area contributed by atoms with Gasteiger partial charge in [0.05, 0.1) is 6.61 Å². The molecule has 20 heavy (non-hydrogen) atoms. The lowest BCUT2D eigenvalue weighted by Gasteiger charge is -2.33. The Morgan fingerprint density at radius 3 is 2.80 bits per heavy atom. The van der Waals surface area contributed by atoms with Crippen molar-refractivity contribution in [3.8, 4) is 0 Å². The predicted octanol–water partition coefficient (Wildman–Crippen LogP) is 1.59. The summed E-state index contributed by atoms with van der Waals surface area (Å²) in [6.45, 7) is 3.21. The molecule has 6 heteroatoms. The topological polar surface area (TPSA) is 78.9 Å². The number of nitrogens with one attached hydrogen (secondary N) is 1. The van der Waals surface area contributed by atoms with Crippen LogP contribution in [0.2, 0.25) is 0 Å². The molecule has 2 unspecified atom stereocenters. The summed E-state index contributed by atoms with van der Waals surface area (Å²) >= 11 is 0. The second-order valence-corrected chi connectivity index (χ2v) is 5.72. The van der Waals surface area contributed by atoms with E-state index in [1.165, 1.54) is 0 Å². The van der Waals surface area contributed by atoms with Crippen molar-refractivity contribution in [3.05, 3.63) is 0 Å². The van der Waals surface area contributed by atoms with E-state index in [0.29, 0.717) is 19.6 Å². The summed E-state index contributed by atoms with van der Waals surface area (Å²) in [6.07, 6.45) is 5.49. The number of urea groups is 1. The fourth-order valence-electron chi connectivity index (χ4n) is 3.03. The van der Waals surface area contributed by atoms with Crippen LogP contribution in [0, 0.1) is 0 Å². The van der Waals surface area contributed by atoms with Crippen molar-refractivity contribution in [1.29, 1.82) is 0 Å². The van der Waals surface area contributed by atoms with Crippen molar-refractivity contribution in [2.75, 3.05) is 19.8 Å². The van der Waals surface area contributed by atoms with Crippen LogP contribution < -0.4 is 5.32 Å². The molecular weight excluding hydrogens is 260 g/mol. The van der Waals surface area contributed by atoms with Gasteiger partial charge in [0.15, 0.2) is 5.54 Å². The molecule has 2 rings (SSSR count). The maximum absolute atomic E-state index is 12.5. The average Bonchev–Trinajstić information content (AvgIpc) is 2.76. The second-order valence-electron chi connectivity index (χ2n) is 5.72. The minimum absolute atomic E-state index is 0.0543. The number of hydrogen-bond donors (Lipinski definition) is 2. The zero-order valence-electron chi connectivity index (χ0n) is 12.1. The molecule has 0 spiro atoms. The van der Waals surface area contributed by atoms with E-state index in [9.17, 15) is 14.7 Å². The number of carbonyl (C=O) groups is 2. The number of rotatable bonds is 3. The minimum atomic E-state index is -1.25. The van der Waals surface area contributed by atoms with Crippen LogP contribution in [0.1, 0.15) is 45.4 Å². The van der Waals surface area contributed by atoms with Gasteiger partial charge in [-0.1, -0.05) is 19.8 Å². The number of amides is 2. The predicted molar refractivity (Wildman–Crippen MR) is 73.6 cm³/mol. The first-order chi connectivity index (χ1) is 9.59. The molecule has 114 valence electrons. The molecule has 0 saturated carbocycles. The third-order valence-corrected chi connectivity index (χ3v) is 4.39. The zero-order chi connectivity index (χ0) is 14.6. The Labute approximate surface area is 119 Å². The molecule has 0 radical (unpaired) electrons. The number of carboxylic acids is 1. The second kappa shape index (κ2) is 6.43. The van der Waals surface area contributed by atoms with E-state index < -0.39 is 11.5 Å². The fraction of sp³-hybridized carbons (Fsp3) is 0.857. The van der Waals surface area contributed by atoms with Crippen molar-refractivity contribution in [2.24, 2.45) is 0 Å². The van der Waals surface area contributed by atoms with E-state index in [4.69, 9.17) is 4.74 Å². The van der Waals surface area contributed by atoms with Gasteiger partial charge in [0.25, 0.3) is 0 Å². The summed E-state index contributed by atoms with van der Waals surface area (Å²) in [5.74, 6) is -1.01. The Hall–Kier alpha value is -1.30. The lowest BCUT2D eigenvalue weighted by molar-refractivity contribution is -0.144. The monoisotopic (exact) mass is 284 g/mol. The molecule has 0 aromatic rings. The first-order valence-electron chi connectivity index (χ1n) is 7.49. The summed E-state index contributed by atoms with van der Waals surface area (Å²) in [5, 5.41) is 12.1. The summed E-state index contributed by atoms with van der Waals surface area (Å²) in [4.78, 5) is 25.7. The minimum Gasteiger partial charge on any atom is -0.479 e. The molecule has 2 atom stereocenters. The molecule has 2 aliphatic rings. The normalized spacial score (nSPS) is 30.9. The highest BCUT2D eigenvalue weighted by Gasteiger charge is 2.45. The highest BCUT2D eigenvalue weighted by molar-refractivity contribution is 5.86. The SMILES string of the molecule is CCC1CCCCCN1C(=O)NC1(C(=O)O)CCOC1. The molecule has 0 bridgehead atoms. The lowest BCUT2D eigenvalue weighted by atomic mass is 9.99. The van der Waals surface area contributed by atoms with Crippen LogP contribution in [-0.4, -0.2) is 53.3 Å². The smallest absolute Gasteiger partial charge is 0.332 e. The van der Waals surface area contributed by atoms with Gasteiger partial charge in [-0.3, -0.25) is 0 Å². The van der Waals surface area contributed by atoms with E-state index in [2.05, 4.69) is 12.2 Å². The Morgan fingerprint density at radius 1 is 1.40 bits per heavy atom. The van der Waals surface area contributed by atoms with E-state index in [1.807, 2.05) is 4.90 Å². The molecule has 2 amide bonds. The number of ether oxygens (including phenoxy) is 1. The van der Waals surface area contributed by atoms with Gasteiger partial charge in [-0.15, -0.1) is 0 Å². The number of aliphatic carboxylic acids is 1. The first-order valence-corrected chi connectivity index (χ1v) is 7.49. The quantitative estimate of drug-likeness (QED) is 0.825. The molecule has 6 nitrogen and oxygen atoms in total. The molecule has 2 saturated heterocycles. The van der Waals surface area contributed by atoms with Crippen LogP contribution in [0.5, 0.6) is 0 Å². The Balaban J connectivity index is 2.07. The number of nitrogens with zero attached hydrogens (tertiary/aromatic N) is 1. The maximum atomic E-state index is 12.5. The summed E-state index contributed by atoms with van der Waals surface area (Å²) < 4.78 is 5.17. The van der Waals surface area contributed by atoms with Gasteiger partial charge in [0.1, 0.15) is 0 Å². The third kappa shape index (κ3) is 3.06. The molecule has 0 aromatic heterocycles. The Morgan fingerprint density at radius 2 is 2.20 bits per heavy atom. The van der Waals surface area contributed by atoms with Gasteiger partial charge >= 0.3 is 12.0 Å². The lowest BCUT2D eigenvalue weighted by Crippen LogP contribution is -2.59. The average molecular weight is 284 g/mol. The summed E-state index contributed by atoms with van der Waals surface area (Å²) in [5.41, 5.74) is -1.25. The zero-order valence-corrected chi connectivity index (χ0v) is 12.1. The molecule has 0 aliphatic carbocycles. The van der Waals surface area contributed by atoms with Crippen molar-refractivity contribution in [1.82, 2.24) is 10.2 Å². The van der Waals surface area contributed by atoms with Crippen molar-refractivity contribution in [2.45, 2.75) is 57.0 Å². The number of hydrogen-bond acceptors (Lipinski definition) is 3. The molecule has 0 aromatic carbocycles. The summed E-state index contributed by atoms with van der Waals surface area (Å²) in [7, 11) is 0. The Kier molecular flexibility index (Phi) is 4.86. The molecular formula is C14H24N2O4. The molecule has 2 aliphatic heterocycles. The van der Waals surface area contributed by atoms with Crippen LogP contribution in [0.3, 0.4) is 0 Å². The highest BCUT2D eigenvalue weighted by Crippen LogP contribution is 2.23.